The Morgan fingerprint density at radius 2 is 2.11 bits per heavy atom. The molecule has 6 heteroatoms. The van der Waals surface area contributed by atoms with Gasteiger partial charge in [0.05, 0.1) is 22.3 Å². The lowest BCUT2D eigenvalue weighted by atomic mass is 10.1. The fourth-order valence-electron chi connectivity index (χ4n) is 2.25. The molecule has 1 aromatic heterocycles. The average Bonchev–Trinajstić information content (AvgIpc) is 2.90. The van der Waals surface area contributed by atoms with Crippen molar-refractivity contribution in [1.29, 1.82) is 0 Å². The summed E-state index contributed by atoms with van der Waals surface area (Å²) in [6.45, 7) is 0.681. The average molecular weight is 294 g/mol. The molecule has 1 unspecified atom stereocenters. The first kappa shape index (κ1) is 12.5. The molecule has 1 atom stereocenters. The molecule has 0 fully saturated rings. The highest BCUT2D eigenvalue weighted by molar-refractivity contribution is 7.90. The van der Waals surface area contributed by atoms with E-state index in [9.17, 15) is 8.42 Å². The number of hydrogen-bond acceptors (Lipinski definition) is 5. The monoisotopic (exact) mass is 294 g/mol. The predicted octanol–water partition coefficient (Wildman–Crippen LogP) is 2.73. The van der Waals surface area contributed by atoms with Crippen molar-refractivity contribution in [3.63, 3.8) is 0 Å². The van der Waals surface area contributed by atoms with Crippen molar-refractivity contribution >= 4 is 32.5 Å². The first-order chi connectivity index (χ1) is 9.05. The molecule has 19 heavy (non-hydrogen) atoms. The molecule has 0 aliphatic carbocycles. The van der Waals surface area contributed by atoms with E-state index in [0.29, 0.717) is 17.1 Å². The number of hydrogen-bond donors (Lipinski definition) is 2. The summed E-state index contributed by atoms with van der Waals surface area (Å²) in [5.41, 5.74) is 1.52. The smallest absolute Gasteiger partial charge is 0.177 e. The van der Waals surface area contributed by atoms with Crippen LogP contribution in [0.25, 0.3) is 0 Å². The predicted molar refractivity (Wildman–Crippen MR) is 78.7 cm³/mol. The van der Waals surface area contributed by atoms with Crippen LogP contribution in [0.5, 0.6) is 0 Å². The van der Waals surface area contributed by atoms with Gasteiger partial charge in [0.15, 0.2) is 9.84 Å². The molecular formula is C13H14N2O2S2. The molecule has 3 rings (SSSR count). The summed E-state index contributed by atoms with van der Waals surface area (Å²) in [6, 6.07) is 9.58. The summed E-state index contributed by atoms with van der Waals surface area (Å²) >= 11 is 1.69. The van der Waals surface area contributed by atoms with Crippen LogP contribution in [0.2, 0.25) is 0 Å². The summed E-state index contributed by atoms with van der Waals surface area (Å²) in [4.78, 5) is 1.59. The number of fused-ring (bicyclic) bond motifs is 1. The summed E-state index contributed by atoms with van der Waals surface area (Å²) in [5, 5.41) is 8.68. The van der Waals surface area contributed by atoms with Gasteiger partial charge in [0.2, 0.25) is 0 Å². The molecule has 0 saturated carbocycles. The summed E-state index contributed by atoms with van der Waals surface area (Å²) in [6.07, 6.45) is 1.23. The second-order valence-electron chi connectivity index (χ2n) is 4.54. The number of thiophene rings is 1. The van der Waals surface area contributed by atoms with Gasteiger partial charge < -0.3 is 10.6 Å². The van der Waals surface area contributed by atoms with Crippen molar-refractivity contribution in [3.8, 4) is 0 Å². The van der Waals surface area contributed by atoms with Gasteiger partial charge in [-0.1, -0.05) is 12.1 Å². The van der Waals surface area contributed by atoms with E-state index in [1.165, 1.54) is 11.1 Å². The number of rotatable bonds is 2. The van der Waals surface area contributed by atoms with Crippen molar-refractivity contribution < 1.29 is 8.42 Å². The van der Waals surface area contributed by atoms with Crippen LogP contribution in [0, 0.1) is 0 Å². The molecule has 0 spiro atoms. The van der Waals surface area contributed by atoms with Gasteiger partial charge >= 0.3 is 0 Å². The molecule has 0 saturated heterocycles. The Morgan fingerprint density at radius 1 is 1.26 bits per heavy atom. The largest absolute Gasteiger partial charge is 0.380 e. The van der Waals surface area contributed by atoms with Crippen LogP contribution in [0.3, 0.4) is 0 Å². The van der Waals surface area contributed by atoms with Gasteiger partial charge in [-0.3, -0.25) is 0 Å². The van der Waals surface area contributed by atoms with E-state index in [0.717, 1.165) is 5.69 Å². The van der Waals surface area contributed by atoms with Crippen LogP contribution in [-0.4, -0.2) is 21.2 Å². The Bertz CT molecular complexity index is 693. The zero-order valence-corrected chi connectivity index (χ0v) is 12.0. The molecule has 4 nitrogen and oxygen atoms in total. The highest BCUT2D eigenvalue weighted by atomic mass is 32.2. The van der Waals surface area contributed by atoms with E-state index in [2.05, 4.69) is 16.7 Å². The standard InChI is InChI=1S/C13H14N2O2S2/c1-19(16,17)12-6-2-4-9-13(12)14-8-10(15-9)11-5-3-7-18-11/h2-7,10,14-15H,8H2,1H3. The Labute approximate surface area is 116 Å². The Balaban J connectivity index is 1.99. The third kappa shape index (κ3) is 2.33. The second-order valence-corrected chi connectivity index (χ2v) is 7.51. The molecule has 0 amide bonds. The number of sulfone groups is 1. The summed E-state index contributed by atoms with van der Waals surface area (Å²) < 4.78 is 23.5. The maximum absolute atomic E-state index is 11.7. The summed E-state index contributed by atoms with van der Waals surface area (Å²) in [5.74, 6) is 0. The fourth-order valence-corrected chi connectivity index (χ4v) is 3.90. The molecule has 1 aliphatic rings. The van der Waals surface area contributed by atoms with E-state index in [1.807, 2.05) is 17.5 Å². The SMILES string of the molecule is CS(=O)(=O)c1cccc2c1NCC(c1cccs1)N2. The van der Waals surface area contributed by atoms with Crippen LogP contribution in [-0.2, 0) is 9.84 Å². The number of anilines is 2. The molecule has 0 radical (unpaired) electrons. The van der Waals surface area contributed by atoms with Gasteiger partial charge in [-0.2, -0.15) is 0 Å². The van der Waals surface area contributed by atoms with E-state index in [-0.39, 0.29) is 6.04 Å². The van der Waals surface area contributed by atoms with Gasteiger partial charge in [0.1, 0.15) is 0 Å². The van der Waals surface area contributed by atoms with Crippen LogP contribution in [0.1, 0.15) is 10.9 Å². The Hall–Kier alpha value is -1.53. The quantitative estimate of drug-likeness (QED) is 0.894. The third-order valence-electron chi connectivity index (χ3n) is 3.13. The number of benzene rings is 1. The van der Waals surface area contributed by atoms with Crippen LogP contribution in [0.15, 0.2) is 40.6 Å². The lowest BCUT2D eigenvalue weighted by Gasteiger charge is -2.29. The normalized spacial score (nSPS) is 18.3. The molecule has 1 aromatic carbocycles. The van der Waals surface area contributed by atoms with Crippen molar-refractivity contribution in [3.05, 3.63) is 40.6 Å². The minimum Gasteiger partial charge on any atom is -0.380 e. The molecule has 2 aromatic rings. The van der Waals surface area contributed by atoms with Gasteiger partial charge in [-0.05, 0) is 23.6 Å². The highest BCUT2D eigenvalue weighted by Gasteiger charge is 2.24. The zero-order valence-electron chi connectivity index (χ0n) is 10.4. The van der Waals surface area contributed by atoms with Gasteiger partial charge in [0.25, 0.3) is 0 Å². The topological polar surface area (TPSA) is 58.2 Å². The molecular weight excluding hydrogens is 280 g/mol. The van der Waals surface area contributed by atoms with Gasteiger partial charge in [-0.25, -0.2) is 8.42 Å². The molecule has 100 valence electrons. The first-order valence-corrected chi connectivity index (χ1v) is 8.70. The lowest BCUT2D eigenvalue weighted by Crippen LogP contribution is -2.26. The van der Waals surface area contributed by atoms with E-state index in [1.54, 1.807) is 23.5 Å². The minimum absolute atomic E-state index is 0.183. The van der Waals surface area contributed by atoms with Crippen molar-refractivity contribution in [2.24, 2.45) is 0 Å². The first-order valence-electron chi connectivity index (χ1n) is 5.92. The number of para-hydroxylation sites is 1. The van der Waals surface area contributed by atoms with Crippen LogP contribution < -0.4 is 10.6 Å². The molecule has 2 N–H and O–H groups in total. The van der Waals surface area contributed by atoms with Crippen molar-refractivity contribution in [2.45, 2.75) is 10.9 Å². The minimum atomic E-state index is -3.22. The maximum Gasteiger partial charge on any atom is 0.177 e. The van der Waals surface area contributed by atoms with E-state index < -0.39 is 9.84 Å². The third-order valence-corrected chi connectivity index (χ3v) is 5.25. The Morgan fingerprint density at radius 3 is 2.79 bits per heavy atom. The molecule has 0 bridgehead atoms. The lowest BCUT2D eigenvalue weighted by molar-refractivity contribution is 0.602. The maximum atomic E-state index is 11.7. The van der Waals surface area contributed by atoms with Gasteiger partial charge in [-0.15, -0.1) is 11.3 Å². The molecule has 1 aliphatic heterocycles. The zero-order chi connectivity index (χ0) is 13.5. The number of nitrogens with one attached hydrogen (secondary N) is 2. The summed E-state index contributed by atoms with van der Waals surface area (Å²) in [7, 11) is -3.22. The van der Waals surface area contributed by atoms with Crippen LogP contribution in [0.4, 0.5) is 11.4 Å². The molecule has 2 heterocycles. The van der Waals surface area contributed by atoms with Crippen molar-refractivity contribution in [1.82, 2.24) is 0 Å². The fraction of sp³-hybridized carbons (Fsp3) is 0.231. The highest BCUT2D eigenvalue weighted by Crippen LogP contribution is 2.37. The van der Waals surface area contributed by atoms with E-state index >= 15 is 0 Å². The Kier molecular flexibility index (Phi) is 2.99. The van der Waals surface area contributed by atoms with Crippen LogP contribution >= 0.6 is 11.3 Å². The van der Waals surface area contributed by atoms with Gasteiger partial charge in [0, 0.05) is 17.7 Å². The van der Waals surface area contributed by atoms with E-state index in [4.69, 9.17) is 0 Å². The second kappa shape index (κ2) is 4.54. The van der Waals surface area contributed by atoms with Crippen molar-refractivity contribution in [2.75, 3.05) is 23.4 Å².